The zero-order valence-electron chi connectivity index (χ0n) is 14.4. The molecule has 0 fully saturated rings. The molecule has 1 heterocycles. The molecule has 1 aromatic heterocycles. The zero-order chi connectivity index (χ0) is 18.6. The van der Waals surface area contributed by atoms with Crippen LogP contribution in [0, 0.1) is 0 Å². The minimum absolute atomic E-state index is 0.172. The van der Waals surface area contributed by atoms with Crippen LogP contribution in [0.25, 0.3) is 22.3 Å². The Labute approximate surface area is 155 Å². The van der Waals surface area contributed by atoms with Crippen LogP contribution in [0.15, 0.2) is 88.1 Å². The highest BCUT2D eigenvalue weighted by Crippen LogP contribution is 2.27. The van der Waals surface area contributed by atoms with Gasteiger partial charge in [-0.25, -0.2) is 0 Å². The average molecular weight is 356 g/mol. The van der Waals surface area contributed by atoms with Crippen LogP contribution in [0.5, 0.6) is 5.75 Å². The predicted molar refractivity (Wildman–Crippen MR) is 104 cm³/mol. The van der Waals surface area contributed by atoms with E-state index < -0.39 is 0 Å². The van der Waals surface area contributed by atoms with Crippen LogP contribution in [0.1, 0.15) is 15.9 Å². The summed E-state index contributed by atoms with van der Waals surface area (Å²) in [4.78, 5) is 23.5. The Kier molecular flexibility index (Phi) is 4.54. The first-order chi connectivity index (χ1) is 13.2. The number of ether oxygens (including phenoxy) is 1. The van der Waals surface area contributed by atoms with Crippen molar-refractivity contribution in [2.75, 3.05) is 0 Å². The standard InChI is InChI=1S/C23H16O4/c24-14-16-9-11-18(12-10-16)22-13-19(25)23-20(7-4-8-21(23)27-22)26-15-17-5-2-1-3-6-17/h1-14H,15H2. The molecule has 132 valence electrons. The zero-order valence-corrected chi connectivity index (χ0v) is 14.4. The van der Waals surface area contributed by atoms with E-state index in [2.05, 4.69) is 0 Å². The Morgan fingerprint density at radius 3 is 2.41 bits per heavy atom. The van der Waals surface area contributed by atoms with Crippen LogP contribution < -0.4 is 10.2 Å². The normalized spacial score (nSPS) is 10.7. The van der Waals surface area contributed by atoms with Gasteiger partial charge in [0.2, 0.25) is 0 Å². The summed E-state index contributed by atoms with van der Waals surface area (Å²) in [5.41, 5.74) is 2.61. The van der Waals surface area contributed by atoms with Crippen LogP contribution in [-0.2, 0) is 6.61 Å². The maximum atomic E-state index is 12.7. The minimum Gasteiger partial charge on any atom is -0.488 e. The molecule has 0 spiro atoms. The van der Waals surface area contributed by atoms with E-state index in [1.54, 1.807) is 42.5 Å². The van der Waals surface area contributed by atoms with Crippen molar-refractivity contribution < 1.29 is 13.9 Å². The Bertz CT molecular complexity index is 1140. The van der Waals surface area contributed by atoms with Crippen molar-refractivity contribution in [2.45, 2.75) is 6.61 Å². The fraction of sp³-hybridized carbons (Fsp3) is 0.0435. The molecule has 0 bridgehead atoms. The van der Waals surface area contributed by atoms with Crippen molar-refractivity contribution in [3.8, 4) is 17.1 Å². The highest BCUT2D eigenvalue weighted by Gasteiger charge is 2.12. The largest absolute Gasteiger partial charge is 0.488 e. The van der Waals surface area contributed by atoms with E-state index in [4.69, 9.17) is 9.15 Å². The molecule has 0 unspecified atom stereocenters. The molecule has 4 nitrogen and oxygen atoms in total. The topological polar surface area (TPSA) is 56.5 Å². The summed E-state index contributed by atoms with van der Waals surface area (Å²) in [7, 11) is 0. The van der Waals surface area contributed by atoms with Crippen LogP contribution in [-0.4, -0.2) is 6.29 Å². The summed E-state index contributed by atoms with van der Waals surface area (Å²) in [6, 6.07) is 23.4. The maximum absolute atomic E-state index is 12.7. The molecular weight excluding hydrogens is 340 g/mol. The summed E-state index contributed by atoms with van der Waals surface area (Å²) < 4.78 is 11.8. The average Bonchev–Trinajstić information content (AvgIpc) is 2.72. The van der Waals surface area contributed by atoms with Crippen LogP contribution in [0.3, 0.4) is 0 Å². The summed E-state index contributed by atoms with van der Waals surface area (Å²) in [6.45, 7) is 0.369. The van der Waals surface area contributed by atoms with Crippen molar-refractivity contribution in [2.24, 2.45) is 0 Å². The Morgan fingerprint density at radius 1 is 0.889 bits per heavy atom. The fourth-order valence-corrected chi connectivity index (χ4v) is 2.90. The van der Waals surface area contributed by atoms with Gasteiger partial charge in [-0.15, -0.1) is 0 Å². The lowest BCUT2D eigenvalue weighted by Crippen LogP contribution is -2.04. The number of hydrogen-bond donors (Lipinski definition) is 0. The molecule has 4 aromatic rings. The van der Waals surface area contributed by atoms with Gasteiger partial charge in [-0.1, -0.05) is 60.7 Å². The van der Waals surface area contributed by atoms with Crippen molar-refractivity contribution in [3.05, 3.63) is 100 Å². The van der Waals surface area contributed by atoms with Gasteiger partial charge >= 0.3 is 0 Å². The van der Waals surface area contributed by atoms with Gasteiger partial charge in [0, 0.05) is 17.2 Å². The first-order valence-corrected chi connectivity index (χ1v) is 8.54. The van der Waals surface area contributed by atoms with Gasteiger partial charge in [0.25, 0.3) is 0 Å². The molecule has 0 aliphatic rings. The van der Waals surface area contributed by atoms with E-state index in [-0.39, 0.29) is 5.43 Å². The molecule has 4 rings (SSSR count). The third kappa shape index (κ3) is 3.51. The molecule has 0 atom stereocenters. The number of rotatable bonds is 5. The quantitative estimate of drug-likeness (QED) is 0.480. The lowest BCUT2D eigenvalue weighted by atomic mass is 10.1. The number of hydrogen-bond acceptors (Lipinski definition) is 4. The van der Waals surface area contributed by atoms with Crippen molar-refractivity contribution >= 4 is 17.3 Å². The number of carbonyl (C=O) groups is 1. The third-order valence-corrected chi connectivity index (χ3v) is 4.28. The van der Waals surface area contributed by atoms with Gasteiger partial charge in [0.05, 0.1) is 0 Å². The van der Waals surface area contributed by atoms with Gasteiger partial charge in [0.1, 0.15) is 35.4 Å². The van der Waals surface area contributed by atoms with Crippen molar-refractivity contribution in [1.82, 2.24) is 0 Å². The summed E-state index contributed by atoms with van der Waals surface area (Å²) in [5, 5.41) is 0.418. The maximum Gasteiger partial charge on any atom is 0.197 e. The Balaban J connectivity index is 1.71. The van der Waals surface area contributed by atoms with Crippen molar-refractivity contribution in [3.63, 3.8) is 0 Å². The highest BCUT2D eigenvalue weighted by atomic mass is 16.5. The first-order valence-electron chi connectivity index (χ1n) is 8.54. The number of aldehydes is 1. The number of carbonyl (C=O) groups excluding carboxylic acids is 1. The molecular formula is C23H16O4. The van der Waals surface area contributed by atoms with E-state index in [1.807, 2.05) is 30.3 Å². The van der Waals surface area contributed by atoms with Crippen LogP contribution >= 0.6 is 0 Å². The molecule has 0 saturated carbocycles. The molecule has 4 heteroatoms. The smallest absolute Gasteiger partial charge is 0.197 e. The van der Waals surface area contributed by atoms with Crippen molar-refractivity contribution in [1.29, 1.82) is 0 Å². The second kappa shape index (κ2) is 7.30. The van der Waals surface area contributed by atoms with Crippen LogP contribution in [0.2, 0.25) is 0 Å². The van der Waals surface area contributed by atoms with Gasteiger partial charge in [-0.2, -0.15) is 0 Å². The molecule has 0 aliphatic heterocycles. The third-order valence-electron chi connectivity index (χ3n) is 4.28. The van der Waals surface area contributed by atoms with E-state index in [1.165, 1.54) is 6.07 Å². The molecule has 0 amide bonds. The minimum atomic E-state index is -0.172. The molecule has 3 aromatic carbocycles. The fourth-order valence-electron chi connectivity index (χ4n) is 2.90. The molecule has 0 radical (unpaired) electrons. The predicted octanol–water partition coefficient (Wildman–Crippen LogP) is 4.85. The number of fused-ring (bicyclic) bond motifs is 1. The van der Waals surface area contributed by atoms with Crippen LogP contribution in [0.4, 0.5) is 0 Å². The van der Waals surface area contributed by atoms with E-state index >= 15 is 0 Å². The van der Waals surface area contributed by atoms with Gasteiger partial charge in [-0.05, 0) is 17.7 Å². The Morgan fingerprint density at radius 2 is 1.67 bits per heavy atom. The first kappa shape index (κ1) is 16.8. The van der Waals surface area contributed by atoms with Gasteiger partial charge in [0.15, 0.2) is 5.43 Å². The van der Waals surface area contributed by atoms with Gasteiger partial charge < -0.3 is 9.15 Å². The molecule has 0 aliphatic carbocycles. The Hall–Kier alpha value is -3.66. The monoisotopic (exact) mass is 356 g/mol. The lowest BCUT2D eigenvalue weighted by Gasteiger charge is -2.10. The second-order valence-electron chi connectivity index (χ2n) is 6.12. The molecule has 27 heavy (non-hydrogen) atoms. The molecule has 0 saturated heterocycles. The second-order valence-corrected chi connectivity index (χ2v) is 6.12. The van der Waals surface area contributed by atoms with E-state index in [9.17, 15) is 9.59 Å². The summed E-state index contributed by atoms with van der Waals surface area (Å²) in [6.07, 6.45) is 0.774. The number of benzene rings is 3. The summed E-state index contributed by atoms with van der Waals surface area (Å²) in [5.74, 6) is 0.943. The lowest BCUT2D eigenvalue weighted by molar-refractivity contribution is 0.112. The molecule has 0 N–H and O–H groups in total. The summed E-state index contributed by atoms with van der Waals surface area (Å²) >= 11 is 0. The highest BCUT2D eigenvalue weighted by molar-refractivity contribution is 5.85. The van der Waals surface area contributed by atoms with E-state index in [0.717, 1.165) is 17.4 Å². The van der Waals surface area contributed by atoms with Gasteiger partial charge in [-0.3, -0.25) is 9.59 Å². The SMILES string of the molecule is O=Cc1ccc(-c2cc(=O)c3c(OCc4ccccc4)cccc3o2)cc1. The van der Waals surface area contributed by atoms with E-state index in [0.29, 0.717) is 34.6 Å².